The molecule has 1 aliphatic heterocycles. The highest BCUT2D eigenvalue weighted by Crippen LogP contribution is 2.41. The predicted molar refractivity (Wildman–Crippen MR) is 65.7 cm³/mol. The zero-order valence-electron chi connectivity index (χ0n) is 9.83. The Kier molecular flexibility index (Phi) is 2.96. The van der Waals surface area contributed by atoms with Crippen LogP contribution in [-0.2, 0) is 4.74 Å². The Morgan fingerprint density at radius 3 is 2.19 bits per heavy atom. The van der Waals surface area contributed by atoms with Crippen molar-refractivity contribution in [2.24, 2.45) is 0 Å². The van der Waals surface area contributed by atoms with Crippen molar-refractivity contribution in [3.8, 4) is 6.07 Å². The van der Waals surface area contributed by atoms with Gasteiger partial charge in [-0.05, 0) is 31.9 Å². The van der Waals surface area contributed by atoms with Crippen LogP contribution in [0, 0.1) is 32.1 Å². The van der Waals surface area contributed by atoms with Gasteiger partial charge in [0.25, 0.3) is 0 Å². The third kappa shape index (κ3) is 1.95. The van der Waals surface area contributed by atoms with E-state index < -0.39 is 0 Å². The van der Waals surface area contributed by atoms with Crippen LogP contribution >= 0.6 is 11.8 Å². The summed E-state index contributed by atoms with van der Waals surface area (Å²) >= 11 is 1.65. The molecule has 16 heavy (non-hydrogen) atoms. The summed E-state index contributed by atoms with van der Waals surface area (Å²) in [5.74, 6) is 0. The first-order valence-corrected chi connectivity index (χ1v) is 6.14. The fraction of sp³-hybridized carbons (Fsp3) is 0.462. The molecule has 1 aromatic carbocycles. The third-order valence-corrected chi connectivity index (χ3v) is 4.34. The Morgan fingerprint density at radius 2 is 1.81 bits per heavy atom. The average molecular weight is 233 g/mol. The highest BCUT2D eigenvalue weighted by molar-refractivity contribution is 8.01. The number of hydrogen-bond donors (Lipinski definition) is 0. The molecule has 0 aliphatic carbocycles. The van der Waals surface area contributed by atoms with Gasteiger partial charge in [-0.25, -0.2) is 0 Å². The Labute approximate surface area is 101 Å². The highest BCUT2D eigenvalue weighted by Gasteiger charge is 2.40. The second-order valence-electron chi connectivity index (χ2n) is 4.43. The Balaban J connectivity index is 2.32. The van der Waals surface area contributed by atoms with Gasteiger partial charge in [0.15, 0.2) is 4.75 Å². The van der Waals surface area contributed by atoms with Crippen LogP contribution in [0.4, 0.5) is 0 Å². The quantitative estimate of drug-likeness (QED) is 0.787. The zero-order chi connectivity index (χ0) is 11.8. The van der Waals surface area contributed by atoms with Gasteiger partial charge in [0, 0.05) is 4.90 Å². The van der Waals surface area contributed by atoms with Crippen molar-refractivity contribution >= 4 is 11.8 Å². The van der Waals surface area contributed by atoms with Gasteiger partial charge >= 0.3 is 0 Å². The average Bonchev–Trinajstić information content (AvgIpc) is 2.14. The van der Waals surface area contributed by atoms with Gasteiger partial charge in [-0.15, -0.1) is 0 Å². The largest absolute Gasteiger partial charge is 0.376 e. The molecule has 3 heteroatoms. The molecule has 0 bridgehead atoms. The van der Waals surface area contributed by atoms with Crippen LogP contribution in [0.1, 0.15) is 16.7 Å². The van der Waals surface area contributed by atoms with Crippen LogP contribution in [0.2, 0.25) is 0 Å². The van der Waals surface area contributed by atoms with Crippen molar-refractivity contribution in [3.63, 3.8) is 0 Å². The van der Waals surface area contributed by atoms with E-state index in [0.29, 0.717) is 13.2 Å². The summed E-state index contributed by atoms with van der Waals surface area (Å²) in [4.78, 5) is 1.23. The van der Waals surface area contributed by atoms with Gasteiger partial charge in [0.2, 0.25) is 0 Å². The summed E-state index contributed by atoms with van der Waals surface area (Å²) in [6, 6.07) is 6.70. The second-order valence-corrected chi connectivity index (χ2v) is 5.82. The summed E-state index contributed by atoms with van der Waals surface area (Å²) < 4.78 is 4.81. The molecule has 1 aromatic rings. The van der Waals surface area contributed by atoms with E-state index in [9.17, 15) is 5.26 Å². The molecule has 0 aromatic heterocycles. The fourth-order valence-electron chi connectivity index (χ4n) is 1.96. The number of hydrogen-bond acceptors (Lipinski definition) is 3. The van der Waals surface area contributed by atoms with E-state index >= 15 is 0 Å². The summed E-state index contributed by atoms with van der Waals surface area (Å²) in [5, 5.41) is 9.18. The van der Waals surface area contributed by atoms with Crippen LogP contribution in [0.3, 0.4) is 0 Å². The van der Waals surface area contributed by atoms with Gasteiger partial charge in [-0.1, -0.05) is 29.5 Å². The number of ether oxygens (including phenoxy) is 1. The van der Waals surface area contributed by atoms with Gasteiger partial charge in [-0.3, -0.25) is 0 Å². The Hall–Kier alpha value is -0.980. The molecule has 2 rings (SSSR count). The van der Waals surface area contributed by atoms with Crippen LogP contribution in [-0.4, -0.2) is 18.0 Å². The third-order valence-electron chi connectivity index (χ3n) is 2.78. The topological polar surface area (TPSA) is 33.0 Å². The molecule has 0 radical (unpaired) electrons. The van der Waals surface area contributed by atoms with E-state index in [-0.39, 0.29) is 4.75 Å². The lowest BCUT2D eigenvalue weighted by Gasteiger charge is -2.35. The molecule has 84 valence electrons. The lowest BCUT2D eigenvalue weighted by Crippen LogP contribution is -2.45. The van der Waals surface area contributed by atoms with Gasteiger partial charge in [0.05, 0.1) is 19.3 Å². The second kappa shape index (κ2) is 4.12. The van der Waals surface area contributed by atoms with Crippen molar-refractivity contribution in [3.05, 3.63) is 28.8 Å². The molecule has 0 unspecified atom stereocenters. The number of thioether (sulfide) groups is 1. The Bertz CT molecular complexity index is 434. The maximum atomic E-state index is 9.18. The summed E-state index contributed by atoms with van der Waals surface area (Å²) in [6.07, 6.45) is 0. The number of nitrogens with zero attached hydrogens (tertiary/aromatic N) is 1. The lowest BCUT2D eigenvalue weighted by molar-refractivity contribution is 0.0161. The van der Waals surface area contributed by atoms with Gasteiger partial charge in [-0.2, -0.15) is 5.26 Å². The predicted octanol–water partition coefficient (Wildman–Crippen LogP) is 3.00. The van der Waals surface area contributed by atoms with Crippen molar-refractivity contribution in [2.45, 2.75) is 30.4 Å². The molecule has 1 fully saturated rings. The fourth-order valence-corrected chi connectivity index (χ4v) is 3.12. The van der Waals surface area contributed by atoms with E-state index in [1.165, 1.54) is 21.6 Å². The molecule has 2 nitrogen and oxygen atoms in total. The first kappa shape index (κ1) is 11.5. The lowest BCUT2D eigenvalue weighted by atomic mass is 10.1. The van der Waals surface area contributed by atoms with E-state index in [1.54, 1.807) is 11.8 Å². The minimum atomic E-state index is -0.356. The molecule has 1 heterocycles. The zero-order valence-corrected chi connectivity index (χ0v) is 10.6. The number of benzene rings is 1. The monoisotopic (exact) mass is 233 g/mol. The first-order valence-electron chi connectivity index (χ1n) is 5.32. The summed E-state index contributed by atoms with van der Waals surface area (Å²) in [6.45, 7) is 7.39. The van der Waals surface area contributed by atoms with E-state index in [0.717, 1.165) is 0 Å². The summed E-state index contributed by atoms with van der Waals surface area (Å²) in [5.41, 5.74) is 3.78. The van der Waals surface area contributed by atoms with Crippen LogP contribution in [0.5, 0.6) is 0 Å². The minimum Gasteiger partial charge on any atom is -0.376 e. The van der Waals surface area contributed by atoms with Crippen LogP contribution < -0.4 is 0 Å². The van der Waals surface area contributed by atoms with Crippen molar-refractivity contribution < 1.29 is 4.74 Å². The van der Waals surface area contributed by atoms with E-state index in [1.807, 2.05) is 0 Å². The molecular formula is C13H15NOS. The molecule has 0 spiro atoms. The standard InChI is InChI=1S/C13H15NOS/c1-9-4-10(2)12(11(3)5-9)16-13(6-14)7-15-8-13/h4-5H,7-8H2,1-3H3. The van der Waals surface area contributed by atoms with Gasteiger partial charge < -0.3 is 4.74 Å². The molecule has 0 atom stereocenters. The highest BCUT2D eigenvalue weighted by atomic mass is 32.2. The van der Waals surface area contributed by atoms with Crippen molar-refractivity contribution in [1.82, 2.24) is 0 Å². The van der Waals surface area contributed by atoms with Crippen molar-refractivity contribution in [1.29, 1.82) is 5.26 Å². The Morgan fingerprint density at radius 1 is 1.25 bits per heavy atom. The van der Waals surface area contributed by atoms with Gasteiger partial charge in [0.1, 0.15) is 0 Å². The smallest absolute Gasteiger partial charge is 0.153 e. The minimum absolute atomic E-state index is 0.356. The molecule has 0 N–H and O–H groups in total. The first-order chi connectivity index (χ1) is 7.56. The summed E-state index contributed by atoms with van der Waals surface area (Å²) in [7, 11) is 0. The molecule has 0 amide bonds. The number of aryl methyl sites for hydroxylation is 3. The molecule has 0 saturated carbocycles. The number of rotatable bonds is 2. The molecule has 1 aliphatic rings. The molecular weight excluding hydrogens is 218 g/mol. The SMILES string of the molecule is Cc1cc(C)c(SC2(C#N)COC2)c(C)c1. The van der Waals surface area contributed by atoms with E-state index in [4.69, 9.17) is 4.74 Å². The number of nitriles is 1. The van der Waals surface area contributed by atoms with E-state index in [2.05, 4.69) is 39.0 Å². The molecule has 1 saturated heterocycles. The van der Waals surface area contributed by atoms with Crippen LogP contribution in [0.15, 0.2) is 17.0 Å². The van der Waals surface area contributed by atoms with Crippen molar-refractivity contribution in [2.75, 3.05) is 13.2 Å². The maximum Gasteiger partial charge on any atom is 0.153 e. The maximum absolute atomic E-state index is 9.18. The van der Waals surface area contributed by atoms with Crippen LogP contribution in [0.25, 0.3) is 0 Å². The normalized spacial score (nSPS) is 17.6.